The van der Waals surface area contributed by atoms with Crippen LogP contribution in [-0.2, 0) is 19.5 Å². The number of ether oxygens (including phenoxy) is 3. The van der Waals surface area contributed by atoms with Gasteiger partial charge in [0.05, 0.1) is 24.7 Å². The summed E-state index contributed by atoms with van der Waals surface area (Å²) in [4.78, 5) is 0.297. The summed E-state index contributed by atoms with van der Waals surface area (Å²) in [5.41, 5.74) is -0.245. The van der Waals surface area contributed by atoms with Crippen molar-refractivity contribution in [1.29, 1.82) is 0 Å². The highest BCUT2D eigenvalue weighted by Gasteiger charge is 2.48. The molecule has 2 aliphatic heterocycles. The van der Waals surface area contributed by atoms with Crippen LogP contribution in [0.4, 0.5) is 0 Å². The normalized spacial score (nSPS) is 28.3. The second kappa shape index (κ2) is 7.00. The van der Waals surface area contributed by atoms with E-state index in [0.29, 0.717) is 36.8 Å². The van der Waals surface area contributed by atoms with Gasteiger partial charge in [-0.1, -0.05) is 0 Å². The molecule has 6 nitrogen and oxygen atoms in total. The Morgan fingerprint density at radius 2 is 2.04 bits per heavy atom. The number of nitrogens with zero attached hydrogens (tertiary/aromatic N) is 1. The van der Waals surface area contributed by atoms with Crippen LogP contribution in [0.5, 0.6) is 5.75 Å². The van der Waals surface area contributed by atoms with Gasteiger partial charge in [-0.25, -0.2) is 8.42 Å². The molecule has 2 aliphatic rings. The largest absolute Gasteiger partial charge is 0.497 e. The molecule has 1 aromatic rings. The number of rotatable bonds is 5. The molecule has 134 valence electrons. The van der Waals surface area contributed by atoms with E-state index in [0.717, 1.165) is 19.4 Å². The van der Waals surface area contributed by atoms with E-state index >= 15 is 0 Å². The first kappa shape index (κ1) is 17.7. The summed E-state index contributed by atoms with van der Waals surface area (Å²) in [7, 11) is -0.302. The lowest BCUT2D eigenvalue weighted by atomic mass is 9.73. The van der Waals surface area contributed by atoms with Crippen molar-refractivity contribution in [2.24, 2.45) is 5.41 Å². The zero-order valence-electron chi connectivity index (χ0n) is 14.2. The molecule has 0 amide bonds. The average Bonchev–Trinajstić information content (AvgIpc) is 2.61. The molecule has 0 saturated carbocycles. The van der Waals surface area contributed by atoms with Crippen LogP contribution < -0.4 is 4.74 Å². The number of benzene rings is 1. The Morgan fingerprint density at radius 1 is 1.29 bits per heavy atom. The van der Waals surface area contributed by atoms with Gasteiger partial charge in [-0.15, -0.1) is 0 Å². The molecule has 0 spiro atoms. The second-order valence-electron chi connectivity index (χ2n) is 6.56. The molecule has 1 aromatic carbocycles. The maximum absolute atomic E-state index is 13.0. The van der Waals surface area contributed by atoms with Crippen LogP contribution in [-0.4, -0.2) is 59.3 Å². The summed E-state index contributed by atoms with van der Waals surface area (Å²) in [6.45, 7) is 2.19. The standard InChI is InChI=1S/C17H25NO5S/c1-21-13-17-9-3-11-23-16(17)8-10-18(12-17)24(19,20)15-6-4-14(22-2)5-7-15/h4-7,16H,3,8-13H2,1-2H3/t16-,17-/m0/s1. The van der Waals surface area contributed by atoms with Gasteiger partial charge in [-0.3, -0.25) is 0 Å². The van der Waals surface area contributed by atoms with Crippen molar-refractivity contribution in [3.8, 4) is 5.75 Å². The average molecular weight is 355 g/mol. The van der Waals surface area contributed by atoms with E-state index in [4.69, 9.17) is 14.2 Å². The molecular weight excluding hydrogens is 330 g/mol. The SMILES string of the molecule is COC[C@@]12CCCO[C@H]1CCN(S(=O)(=O)c1ccc(OC)cc1)C2. The molecule has 0 unspecified atom stereocenters. The number of hydrogen-bond acceptors (Lipinski definition) is 5. The van der Waals surface area contributed by atoms with Crippen molar-refractivity contribution in [3.63, 3.8) is 0 Å². The van der Waals surface area contributed by atoms with Crippen molar-refractivity contribution in [1.82, 2.24) is 4.31 Å². The van der Waals surface area contributed by atoms with Gasteiger partial charge in [0.1, 0.15) is 5.75 Å². The minimum atomic E-state index is -3.53. The van der Waals surface area contributed by atoms with Crippen LogP contribution in [0, 0.1) is 5.41 Å². The van der Waals surface area contributed by atoms with Gasteiger partial charge in [0.25, 0.3) is 0 Å². The molecule has 2 heterocycles. The Bertz CT molecular complexity index is 656. The van der Waals surface area contributed by atoms with E-state index in [-0.39, 0.29) is 11.5 Å². The van der Waals surface area contributed by atoms with E-state index in [2.05, 4.69) is 0 Å². The molecule has 24 heavy (non-hydrogen) atoms. The third kappa shape index (κ3) is 3.18. The molecule has 0 N–H and O–H groups in total. The van der Waals surface area contributed by atoms with Gasteiger partial charge in [0.15, 0.2) is 0 Å². The number of piperidine rings is 1. The maximum Gasteiger partial charge on any atom is 0.243 e. The molecule has 3 rings (SSSR count). The summed E-state index contributed by atoms with van der Waals surface area (Å²) in [6.07, 6.45) is 2.66. The quantitative estimate of drug-likeness (QED) is 0.807. The van der Waals surface area contributed by atoms with Gasteiger partial charge in [0, 0.05) is 32.2 Å². The first-order valence-electron chi connectivity index (χ1n) is 8.27. The molecule has 0 radical (unpaired) electrons. The van der Waals surface area contributed by atoms with E-state index < -0.39 is 10.0 Å². The fourth-order valence-electron chi connectivity index (χ4n) is 3.85. The van der Waals surface area contributed by atoms with E-state index in [9.17, 15) is 8.42 Å². The fraction of sp³-hybridized carbons (Fsp3) is 0.647. The smallest absolute Gasteiger partial charge is 0.243 e. The van der Waals surface area contributed by atoms with Crippen LogP contribution in [0.15, 0.2) is 29.2 Å². The summed E-state index contributed by atoms with van der Waals surface area (Å²) in [5, 5.41) is 0. The van der Waals surface area contributed by atoms with E-state index in [1.165, 1.54) is 0 Å². The monoisotopic (exact) mass is 355 g/mol. The number of sulfonamides is 1. The third-order valence-electron chi connectivity index (χ3n) is 5.08. The van der Waals surface area contributed by atoms with Crippen molar-refractivity contribution >= 4 is 10.0 Å². The Hall–Kier alpha value is -1.15. The Morgan fingerprint density at radius 3 is 2.71 bits per heavy atom. The zero-order chi connectivity index (χ0) is 17.2. The van der Waals surface area contributed by atoms with Crippen molar-refractivity contribution in [3.05, 3.63) is 24.3 Å². The molecule has 0 aromatic heterocycles. The minimum absolute atomic E-state index is 0.0773. The molecule has 0 aliphatic carbocycles. The lowest BCUT2D eigenvalue weighted by molar-refractivity contribution is -0.137. The number of fused-ring (bicyclic) bond motifs is 1. The van der Waals surface area contributed by atoms with Gasteiger partial charge < -0.3 is 14.2 Å². The van der Waals surface area contributed by atoms with Crippen LogP contribution >= 0.6 is 0 Å². The number of methoxy groups -OCH3 is 2. The van der Waals surface area contributed by atoms with Crippen LogP contribution in [0.2, 0.25) is 0 Å². The van der Waals surface area contributed by atoms with Gasteiger partial charge >= 0.3 is 0 Å². The maximum atomic E-state index is 13.0. The highest BCUT2D eigenvalue weighted by molar-refractivity contribution is 7.89. The van der Waals surface area contributed by atoms with Crippen molar-refractivity contribution in [2.75, 3.05) is 40.5 Å². The topological polar surface area (TPSA) is 65.1 Å². The Kier molecular flexibility index (Phi) is 5.15. The molecular formula is C17H25NO5S. The van der Waals surface area contributed by atoms with E-state index in [1.54, 1.807) is 42.8 Å². The van der Waals surface area contributed by atoms with Crippen molar-refractivity contribution in [2.45, 2.75) is 30.3 Å². The van der Waals surface area contributed by atoms with Gasteiger partial charge in [-0.05, 0) is 43.5 Å². The molecule has 0 bridgehead atoms. The zero-order valence-corrected chi connectivity index (χ0v) is 15.0. The van der Waals surface area contributed by atoms with Gasteiger partial charge in [-0.2, -0.15) is 4.31 Å². The first-order chi connectivity index (χ1) is 11.5. The van der Waals surface area contributed by atoms with Crippen molar-refractivity contribution < 1.29 is 22.6 Å². The molecule has 2 fully saturated rings. The Labute approximate surface area is 143 Å². The molecule has 7 heteroatoms. The second-order valence-corrected chi connectivity index (χ2v) is 8.50. The fourth-order valence-corrected chi connectivity index (χ4v) is 5.40. The summed E-state index contributed by atoms with van der Waals surface area (Å²) >= 11 is 0. The van der Waals surface area contributed by atoms with Crippen LogP contribution in [0.25, 0.3) is 0 Å². The molecule has 2 saturated heterocycles. The Balaban J connectivity index is 1.85. The van der Waals surface area contributed by atoms with Gasteiger partial charge in [0.2, 0.25) is 10.0 Å². The van der Waals surface area contributed by atoms with Crippen LogP contribution in [0.1, 0.15) is 19.3 Å². The lowest BCUT2D eigenvalue weighted by Gasteiger charge is -2.49. The highest BCUT2D eigenvalue weighted by atomic mass is 32.2. The third-order valence-corrected chi connectivity index (χ3v) is 6.94. The summed E-state index contributed by atoms with van der Waals surface area (Å²) in [6, 6.07) is 6.55. The van der Waals surface area contributed by atoms with Crippen LogP contribution in [0.3, 0.4) is 0 Å². The summed E-state index contributed by atoms with van der Waals surface area (Å²) in [5.74, 6) is 0.643. The minimum Gasteiger partial charge on any atom is -0.497 e. The highest BCUT2D eigenvalue weighted by Crippen LogP contribution is 2.41. The summed E-state index contributed by atoms with van der Waals surface area (Å²) < 4.78 is 44.0. The molecule has 2 atom stereocenters. The lowest BCUT2D eigenvalue weighted by Crippen LogP contribution is -2.57. The number of hydrogen-bond donors (Lipinski definition) is 0. The first-order valence-corrected chi connectivity index (χ1v) is 9.71. The van der Waals surface area contributed by atoms with E-state index in [1.807, 2.05) is 0 Å². The predicted molar refractivity (Wildman–Crippen MR) is 89.7 cm³/mol. The predicted octanol–water partition coefficient (Wildman–Crippen LogP) is 1.90.